The highest BCUT2D eigenvalue weighted by molar-refractivity contribution is 5.88. The van der Waals surface area contributed by atoms with Crippen LogP contribution in [0.3, 0.4) is 0 Å². The highest BCUT2D eigenvalue weighted by Gasteiger charge is 2.43. The third kappa shape index (κ3) is 6.13. The summed E-state index contributed by atoms with van der Waals surface area (Å²) in [6.45, 7) is 3.89. The first-order valence-corrected chi connectivity index (χ1v) is 12.8. The van der Waals surface area contributed by atoms with Crippen molar-refractivity contribution < 1.29 is 27.1 Å². The zero-order valence-corrected chi connectivity index (χ0v) is 21.8. The lowest BCUT2D eigenvalue weighted by atomic mass is 9.72. The van der Waals surface area contributed by atoms with Crippen molar-refractivity contribution in [2.75, 3.05) is 44.7 Å². The van der Waals surface area contributed by atoms with Crippen LogP contribution in [0.25, 0.3) is 11.3 Å². The number of piperidine rings is 1. The summed E-state index contributed by atoms with van der Waals surface area (Å²) in [6.07, 6.45) is -0.654. The largest absolute Gasteiger partial charge is 0.477 e. The fourth-order valence-corrected chi connectivity index (χ4v) is 4.86. The zero-order valence-electron chi connectivity index (χ0n) is 21.8. The van der Waals surface area contributed by atoms with Crippen LogP contribution in [0.2, 0.25) is 0 Å². The van der Waals surface area contributed by atoms with Crippen molar-refractivity contribution in [2.45, 2.75) is 31.4 Å². The maximum absolute atomic E-state index is 14.7. The molecule has 2 N–H and O–H groups in total. The molecule has 1 aliphatic rings. The Morgan fingerprint density at radius 2 is 1.87 bits per heavy atom. The van der Waals surface area contributed by atoms with Gasteiger partial charge in [-0.2, -0.15) is 13.2 Å². The highest BCUT2D eigenvalue weighted by Crippen LogP contribution is 2.39. The van der Waals surface area contributed by atoms with Crippen LogP contribution in [0.4, 0.5) is 23.2 Å². The van der Waals surface area contributed by atoms with E-state index in [1.165, 1.54) is 0 Å². The van der Waals surface area contributed by atoms with Crippen LogP contribution in [-0.2, 0) is 16.4 Å². The van der Waals surface area contributed by atoms with Gasteiger partial charge in [0, 0.05) is 38.6 Å². The van der Waals surface area contributed by atoms with E-state index in [1.54, 1.807) is 30.4 Å². The molecule has 39 heavy (non-hydrogen) atoms. The number of amides is 1. The van der Waals surface area contributed by atoms with E-state index in [2.05, 4.69) is 20.6 Å². The van der Waals surface area contributed by atoms with Gasteiger partial charge in [0.1, 0.15) is 5.82 Å². The molecule has 0 atom stereocenters. The summed E-state index contributed by atoms with van der Waals surface area (Å²) in [5.41, 5.74) is 0.196. The minimum atomic E-state index is -4.62. The number of nitrogens with zero attached hydrogens (tertiary/aromatic N) is 3. The second-order valence-corrected chi connectivity index (χ2v) is 9.31. The number of anilines is 1. The van der Waals surface area contributed by atoms with E-state index in [1.807, 2.05) is 25.1 Å². The van der Waals surface area contributed by atoms with Crippen molar-refractivity contribution in [2.24, 2.45) is 0 Å². The van der Waals surface area contributed by atoms with Crippen molar-refractivity contribution in [3.63, 3.8) is 0 Å². The Labute approximate surface area is 224 Å². The molecule has 3 heterocycles. The van der Waals surface area contributed by atoms with E-state index in [9.17, 15) is 22.4 Å². The Hall–Kier alpha value is -3.73. The van der Waals surface area contributed by atoms with Gasteiger partial charge in [-0.05, 0) is 68.8 Å². The molecule has 0 bridgehead atoms. The summed E-state index contributed by atoms with van der Waals surface area (Å²) in [5, 5.41) is 5.97. The smallest absolute Gasteiger partial charge is 0.416 e. The number of alkyl halides is 3. The fraction of sp³-hybridized carbons (Fsp3) is 0.393. The molecule has 2 aromatic heterocycles. The van der Waals surface area contributed by atoms with Gasteiger partial charge in [-0.3, -0.25) is 9.78 Å². The molecule has 1 aliphatic heterocycles. The van der Waals surface area contributed by atoms with Crippen LogP contribution < -0.4 is 20.3 Å². The molecule has 11 heteroatoms. The Bertz CT molecular complexity index is 1280. The highest BCUT2D eigenvalue weighted by atomic mass is 19.4. The average Bonchev–Trinajstić information content (AvgIpc) is 2.93. The van der Waals surface area contributed by atoms with Gasteiger partial charge < -0.3 is 20.3 Å². The van der Waals surface area contributed by atoms with Crippen molar-refractivity contribution >= 4 is 11.6 Å². The molecule has 1 fully saturated rings. The minimum absolute atomic E-state index is 0.0840. The Kier molecular flexibility index (Phi) is 8.69. The SMILES string of the molecule is CCOc1ncccc1-c1ccc(C2(C(=O)NCCNC)CCN(c3ccc(C(F)(F)F)cc3F)CC2)cn1. The molecule has 0 aliphatic carbocycles. The van der Waals surface area contributed by atoms with Gasteiger partial charge in [-0.25, -0.2) is 9.37 Å². The van der Waals surface area contributed by atoms with Crippen molar-refractivity contribution in [1.82, 2.24) is 20.6 Å². The maximum atomic E-state index is 14.7. The van der Waals surface area contributed by atoms with Crippen LogP contribution in [0.5, 0.6) is 5.88 Å². The number of likely N-dealkylation sites (N-methyl/N-ethyl adjacent to an activating group) is 1. The summed E-state index contributed by atoms with van der Waals surface area (Å²) in [4.78, 5) is 24.1. The molecular formula is C28H31F4N5O2. The van der Waals surface area contributed by atoms with Gasteiger partial charge >= 0.3 is 6.18 Å². The Balaban J connectivity index is 1.60. The summed E-state index contributed by atoms with van der Waals surface area (Å²) in [5.74, 6) is -0.647. The fourth-order valence-electron chi connectivity index (χ4n) is 4.86. The molecule has 1 saturated heterocycles. The molecule has 1 aromatic carbocycles. The summed E-state index contributed by atoms with van der Waals surface area (Å²) < 4.78 is 59.3. The second kappa shape index (κ2) is 12.0. The number of pyridine rings is 2. The van der Waals surface area contributed by atoms with Gasteiger partial charge in [0.25, 0.3) is 0 Å². The summed E-state index contributed by atoms with van der Waals surface area (Å²) >= 11 is 0. The molecule has 0 saturated carbocycles. The average molecular weight is 546 g/mol. The van der Waals surface area contributed by atoms with Gasteiger partial charge in [-0.15, -0.1) is 0 Å². The molecule has 1 amide bonds. The van der Waals surface area contributed by atoms with Crippen LogP contribution in [0.1, 0.15) is 30.9 Å². The van der Waals surface area contributed by atoms with Crippen LogP contribution in [-0.4, -0.2) is 55.7 Å². The van der Waals surface area contributed by atoms with E-state index in [0.717, 1.165) is 17.7 Å². The molecule has 0 spiro atoms. The monoisotopic (exact) mass is 545 g/mol. The molecule has 208 valence electrons. The third-order valence-corrected chi connectivity index (χ3v) is 6.97. The number of hydrogen-bond acceptors (Lipinski definition) is 6. The molecule has 7 nitrogen and oxygen atoms in total. The molecule has 3 aromatic rings. The predicted molar refractivity (Wildman–Crippen MR) is 140 cm³/mol. The van der Waals surface area contributed by atoms with Gasteiger partial charge in [0.05, 0.1) is 34.5 Å². The Morgan fingerprint density at radius 1 is 1.10 bits per heavy atom. The predicted octanol–water partition coefficient (Wildman–Crippen LogP) is 4.57. The molecular weight excluding hydrogens is 514 g/mol. The second-order valence-electron chi connectivity index (χ2n) is 9.31. The van der Waals surface area contributed by atoms with Gasteiger partial charge in [0.2, 0.25) is 11.8 Å². The number of hydrogen-bond donors (Lipinski definition) is 2. The number of benzene rings is 1. The van der Waals surface area contributed by atoms with Crippen molar-refractivity contribution in [3.05, 3.63) is 71.8 Å². The number of aromatic nitrogens is 2. The number of nitrogens with one attached hydrogen (secondary N) is 2. The minimum Gasteiger partial charge on any atom is -0.477 e. The molecule has 0 radical (unpaired) electrons. The lowest BCUT2D eigenvalue weighted by Gasteiger charge is -2.42. The molecule has 4 rings (SSSR count). The lowest BCUT2D eigenvalue weighted by Crippen LogP contribution is -2.52. The van der Waals surface area contributed by atoms with Crippen LogP contribution in [0.15, 0.2) is 54.9 Å². The van der Waals surface area contributed by atoms with Crippen molar-refractivity contribution in [1.29, 1.82) is 0 Å². The van der Waals surface area contributed by atoms with Crippen LogP contribution >= 0.6 is 0 Å². The third-order valence-electron chi connectivity index (χ3n) is 6.97. The standard InChI is InChI=1S/C28H31F4N5O2/c1-3-39-25-21(5-4-12-34-25)23-8-6-20(18-36-23)27(26(38)35-14-13-33-2)10-15-37(16-11-27)24-9-7-19(17-22(24)29)28(30,31)32/h4-9,12,17-18,33H,3,10-11,13-16H2,1-2H3,(H,35,38). The number of halogens is 4. The number of carbonyl (C=O) groups is 1. The first kappa shape index (κ1) is 28.3. The lowest BCUT2D eigenvalue weighted by molar-refractivity contribution is -0.137. The quantitative estimate of drug-likeness (QED) is 0.303. The number of rotatable bonds is 9. The van der Waals surface area contributed by atoms with E-state index < -0.39 is 23.0 Å². The zero-order chi connectivity index (χ0) is 28.0. The normalized spacial score (nSPS) is 15.2. The number of carbonyl (C=O) groups excluding carboxylic acids is 1. The first-order valence-electron chi connectivity index (χ1n) is 12.8. The number of ether oxygens (including phenoxy) is 1. The molecule has 0 unspecified atom stereocenters. The van der Waals surface area contributed by atoms with E-state index >= 15 is 0 Å². The Morgan fingerprint density at radius 3 is 2.49 bits per heavy atom. The van der Waals surface area contributed by atoms with E-state index in [4.69, 9.17) is 4.74 Å². The first-order chi connectivity index (χ1) is 18.7. The van der Waals surface area contributed by atoms with E-state index in [-0.39, 0.29) is 24.7 Å². The van der Waals surface area contributed by atoms with E-state index in [0.29, 0.717) is 55.7 Å². The topological polar surface area (TPSA) is 79.4 Å². The maximum Gasteiger partial charge on any atom is 0.416 e. The summed E-state index contributed by atoms with van der Waals surface area (Å²) in [6, 6.07) is 9.87. The van der Waals surface area contributed by atoms with Crippen LogP contribution in [0, 0.1) is 5.82 Å². The van der Waals surface area contributed by atoms with Gasteiger partial charge in [-0.1, -0.05) is 6.07 Å². The summed E-state index contributed by atoms with van der Waals surface area (Å²) in [7, 11) is 1.79. The van der Waals surface area contributed by atoms with Gasteiger partial charge in [0.15, 0.2) is 0 Å². The van der Waals surface area contributed by atoms with Crippen molar-refractivity contribution in [3.8, 4) is 17.1 Å².